The zero-order valence-electron chi connectivity index (χ0n) is 12.0. The summed E-state index contributed by atoms with van der Waals surface area (Å²) in [6.45, 7) is 0.362. The summed E-state index contributed by atoms with van der Waals surface area (Å²) in [6.07, 6.45) is 0. The summed E-state index contributed by atoms with van der Waals surface area (Å²) in [5, 5.41) is 0. The number of benzene rings is 2. The van der Waals surface area contributed by atoms with Crippen molar-refractivity contribution >= 4 is 26.0 Å². The van der Waals surface area contributed by atoms with Crippen molar-refractivity contribution in [2.24, 2.45) is 0 Å². The van der Waals surface area contributed by atoms with Crippen molar-refractivity contribution in [1.82, 2.24) is 4.72 Å². The standard InChI is InChI=1S/C15H16BrNO4S/c1-20-14-7-2-3-8-15(14)21-10-9-17-22(18,19)13-6-4-5-12(16)11-13/h2-8,11,17H,9-10H2,1H3. The maximum atomic E-state index is 12.1. The van der Waals surface area contributed by atoms with Gasteiger partial charge in [-0.25, -0.2) is 13.1 Å². The van der Waals surface area contributed by atoms with Gasteiger partial charge in [-0.3, -0.25) is 0 Å². The Kier molecular flexibility index (Phi) is 5.82. The number of sulfonamides is 1. The Bertz CT molecular complexity index is 734. The topological polar surface area (TPSA) is 64.6 Å². The van der Waals surface area contributed by atoms with Gasteiger partial charge >= 0.3 is 0 Å². The second kappa shape index (κ2) is 7.62. The van der Waals surface area contributed by atoms with Gasteiger partial charge in [0.2, 0.25) is 10.0 Å². The minimum atomic E-state index is -3.54. The number of hydrogen-bond donors (Lipinski definition) is 1. The summed E-state index contributed by atoms with van der Waals surface area (Å²) in [5.74, 6) is 1.18. The van der Waals surface area contributed by atoms with Crippen molar-refractivity contribution in [3.05, 3.63) is 53.0 Å². The van der Waals surface area contributed by atoms with E-state index in [0.717, 1.165) is 0 Å². The fraction of sp³-hybridized carbons (Fsp3) is 0.200. The predicted molar refractivity (Wildman–Crippen MR) is 87.8 cm³/mol. The van der Waals surface area contributed by atoms with Crippen molar-refractivity contribution in [3.8, 4) is 11.5 Å². The van der Waals surface area contributed by atoms with Crippen molar-refractivity contribution in [2.75, 3.05) is 20.3 Å². The molecular formula is C15H16BrNO4S. The highest BCUT2D eigenvalue weighted by Gasteiger charge is 2.13. The fourth-order valence-corrected chi connectivity index (χ4v) is 3.40. The molecule has 0 unspecified atom stereocenters. The second-order valence-electron chi connectivity index (χ2n) is 4.35. The summed E-state index contributed by atoms with van der Waals surface area (Å²) in [7, 11) is -1.99. The van der Waals surface area contributed by atoms with Crippen LogP contribution >= 0.6 is 15.9 Å². The molecule has 0 aliphatic heterocycles. The average Bonchev–Trinajstić information content (AvgIpc) is 2.52. The van der Waals surface area contributed by atoms with E-state index in [9.17, 15) is 8.42 Å². The molecule has 5 nitrogen and oxygen atoms in total. The molecule has 0 radical (unpaired) electrons. The molecule has 0 atom stereocenters. The quantitative estimate of drug-likeness (QED) is 0.744. The van der Waals surface area contributed by atoms with E-state index in [1.54, 1.807) is 37.4 Å². The van der Waals surface area contributed by atoms with Crippen LogP contribution in [0.25, 0.3) is 0 Å². The minimum Gasteiger partial charge on any atom is -0.493 e. The van der Waals surface area contributed by atoms with E-state index in [-0.39, 0.29) is 18.0 Å². The first-order valence-electron chi connectivity index (χ1n) is 6.54. The Morgan fingerprint density at radius 3 is 2.50 bits per heavy atom. The molecule has 0 saturated carbocycles. The van der Waals surface area contributed by atoms with Crippen LogP contribution in [0.5, 0.6) is 11.5 Å². The van der Waals surface area contributed by atoms with E-state index >= 15 is 0 Å². The Morgan fingerprint density at radius 2 is 1.82 bits per heavy atom. The molecule has 22 heavy (non-hydrogen) atoms. The van der Waals surface area contributed by atoms with Gasteiger partial charge in [0.05, 0.1) is 12.0 Å². The predicted octanol–water partition coefficient (Wildman–Crippen LogP) is 2.82. The van der Waals surface area contributed by atoms with E-state index in [4.69, 9.17) is 9.47 Å². The van der Waals surface area contributed by atoms with Crippen LogP contribution in [-0.2, 0) is 10.0 Å². The van der Waals surface area contributed by atoms with Crippen LogP contribution in [0.15, 0.2) is 57.9 Å². The number of methoxy groups -OCH3 is 1. The normalized spacial score (nSPS) is 11.2. The molecule has 0 fully saturated rings. The summed E-state index contributed by atoms with van der Waals surface area (Å²) >= 11 is 3.25. The lowest BCUT2D eigenvalue weighted by atomic mass is 10.3. The van der Waals surface area contributed by atoms with E-state index in [0.29, 0.717) is 16.0 Å². The first-order chi connectivity index (χ1) is 10.5. The number of ether oxygens (including phenoxy) is 2. The summed E-state index contributed by atoms with van der Waals surface area (Å²) < 4.78 is 38.1. The van der Waals surface area contributed by atoms with Gasteiger partial charge in [-0.1, -0.05) is 34.1 Å². The maximum Gasteiger partial charge on any atom is 0.240 e. The molecule has 0 aliphatic carbocycles. The van der Waals surface area contributed by atoms with Crippen LogP contribution in [-0.4, -0.2) is 28.7 Å². The first kappa shape index (κ1) is 16.8. The van der Waals surface area contributed by atoms with E-state index < -0.39 is 10.0 Å². The van der Waals surface area contributed by atoms with E-state index in [1.165, 1.54) is 6.07 Å². The van der Waals surface area contributed by atoms with Gasteiger partial charge in [0.1, 0.15) is 6.61 Å². The van der Waals surface area contributed by atoms with E-state index in [1.807, 2.05) is 12.1 Å². The smallest absolute Gasteiger partial charge is 0.240 e. The summed E-state index contributed by atoms with van der Waals surface area (Å²) in [5.41, 5.74) is 0. The molecule has 2 aromatic rings. The highest BCUT2D eigenvalue weighted by molar-refractivity contribution is 9.10. The third kappa shape index (κ3) is 4.46. The number of nitrogens with one attached hydrogen (secondary N) is 1. The molecule has 7 heteroatoms. The Morgan fingerprint density at radius 1 is 1.09 bits per heavy atom. The van der Waals surface area contributed by atoms with Crippen LogP contribution in [0.4, 0.5) is 0 Å². The average molecular weight is 386 g/mol. The minimum absolute atomic E-state index is 0.160. The molecular weight excluding hydrogens is 370 g/mol. The Labute approximate surface area is 138 Å². The van der Waals surface area contributed by atoms with Crippen LogP contribution in [0.2, 0.25) is 0 Å². The van der Waals surface area contributed by atoms with Crippen molar-refractivity contribution in [1.29, 1.82) is 0 Å². The number of hydrogen-bond acceptors (Lipinski definition) is 4. The van der Waals surface area contributed by atoms with Crippen LogP contribution in [0.3, 0.4) is 0 Å². The zero-order chi connectivity index (χ0) is 16.0. The van der Waals surface area contributed by atoms with Crippen molar-refractivity contribution in [3.63, 3.8) is 0 Å². The fourth-order valence-electron chi connectivity index (χ4n) is 1.79. The molecule has 2 aromatic carbocycles. The van der Waals surface area contributed by atoms with Gasteiger partial charge in [0.15, 0.2) is 11.5 Å². The van der Waals surface area contributed by atoms with Gasteiger partial charge in [-0.2, -0.15) is 0 Å². The molecule has 0 amide bonds. The zero-order valence-corrected chi connectivity index (χ0v) is 14.4. The van der Waals surface area contributed by atoms with Gasteiger partial charge in [-0.05, 0) is 30.3 Å². The van der Waals surface area contributed by atoms with Gasteiger partial charge < -0.3 is 9.47 Å². The molecule has 118 valence electrons. The van der Waals surface area contributed by atoms with Crippen molar-refractivity contribution < 1.29 is 17.9 Å². The highest BCUT2D eigenvalue weighted by Crippen LogP contribution is 2.25. The maximum absolute atomic E-state index is 12.1. The molecule has 0 aliphatic rings. The number of halogens is 1. The molecule has 0 heterocycles. The highest BCUT2D eigenvalue weighted by atomic mass is 79.9. The third-order valence-electron chi connectivity index (χ3n) is 2.83. The Hall–Kier alpha value is -1.57. The van der Waals surface area contributed by atoms with Gasteiger partial charge in [0.25, 0.3) is 0 Å². The first-order valence-corrected chi connectivity index (χ1v) is 8.81. The summed E-state index contributed by atoms with van der Waals surface area (Å²) in [6, 6.07) is 13.7. The van der Waals surface area contributed by atoms with E-state index in [2.05, 4.69) is 20.7 Å². The molecule has 1 N–H and O–H groups in total. The Balaban J connectivity index is 1.91. The molecule has 0 saturated heterocycles. The van der Waals surface area contributed by atoms with Crippen LogP contribution in [0, 0.1) is 0 Å². The lowest BCUT2D eigenvalue weighted by molar-refractivity contribution is 0.299. The monoisotopic (exact) mass is 385 g/mol. The molecule has 0 aromatic heterocycles. The largest absolute Gasteiger partial charge is 0.493 e. The molecule has 0 spiro atoms. The van der Waals surface area contributed by atoms with Crippen LogP contribution < -0.4 is 14.2 Å². The van der Waals surface area contributed by atoms with Gasteiger partial charge in [0, 0.05) is 11.0 Å². The second-order valence-corrected chi connectivity index (χ2v) is 7.04. The van der Waals surface area contributed by atoms with Crippen molar-refractivity contribution in [2.45, 2.75) is 4.90 Å². The summed E-state index contributed by atoms with van der Waals surface area (Å²) in [4.78, 5) is 0.208. The van der Waals surface area contributed by atoms with Gasteiger partial charge in [-0.15, -0.1) is 0 Å². The molecule has 0 bridgehead atoms. The lowest BCUT2D eigenvalue weighted by Crippen LogP contribution is -2.28. The number of rotatable bonds is 7. The molecule has 2 rings (SSSR count). The number of para-hydroxylation sites is 2. The SMILES string of the molecule is COc1ccccc1OCCNS(=O)(=O)c1cccc(Br)c1. The lowest BCUT2D eigenvalue weighted by Gasteiger charge is -2.11. The van der Waals surface area contributed by atoms with Crippen LogP contribution in [0.1, 0.15) is 0 Å². The third-order valence-corrected chi connectivity index (χ3v) is 4.78.